The zero-order valence-electron chi connectivity index (χ0n) is 9.02. The van der Waals surface area contributed by atoms with Gasteiger partial charge in [-0.2, -0.15) is 0 Å². The molecule has 0 saturated heterocycles. The van der Waals surface area contributed by atoms with E-state index in [1.165, 1.54) is 0 Å². The minimum atomic E-state index is -0.853. The summed E-state index contributed by atoms with van der Waals surface area (Å²) in [6, 6.07) is 0. The first-order chi connectivity index (χ1) is 6.76. The Kier molecular flexibility index (Phi) is 4.86. The van der Waals surface area contributed by atoms with Crippen molar-refractivity contribution in [3.8, 4) is 0 Å². The zero-order chi connectivity index (χ0) is 12.1. The molecule has 0 atom stereocenters. The summed E-state index contributed by atoms with van der Waals surface area (Å²) < 4.78 is 4.91. The fourth-order valence-corrected chi connectivity index (χ4v) is 0.674. The molecule has 0 aliphatic rings. The van der Waals surface area contributed by atoms with Gasteiger partial charge in [0.05, 0.1) is 6.42 Å². The average Bonchev–Trinajstić information content (AvgIpc) is 2.10. The third kappa shape index (κ3) is 6.55. The van der Waals surface area contributed by atoms with Crippen LogP contribution < -0.4 is 5.84 Å². The highest BCUT2D eigenvalue weighted by Crippen LogP contribution is 2.08. The Bertz CT molecular complexity index is 259. The molecule has 0 spiro atoms. The predicted molar refractivity (Wildman–Crippen MR) is 52.5 cm³/mol. The van der Waals surface area contributed by atoms with Crippen LogP contribution in [0.3, 0.4) is 0 Å². The third-order valence-corrected chi connectivity index (χ3v) is 1.30. The largest absolute Gasteiger partial charge is 0.443 e. The van der Waals surface area contributed by atoms with Gasteiger partial charge in [0.25, 0.3) is 5.91 Å². The highest BCUT2D eigenvalue weighted by atomic mass is 16.6. The number of hydrazine groups is 1. The molecule has 0 aliphatic carbocycles. The van der Waals surface area contributed by atoms with E-state index in [4.69, 9.17) is 10.6 Å². The van der Waals surface area contributed by atoms with Gasteiger partial charge in [0.2, 0.25) is 0 Å². The molecule has 7 heteroatoms. The van der Waals surface area contributed by atoms with Gasteiger partial charge in [-0.15, -0.1) is 4.91 Å². The standard InChI is InChI=1S/C8H15N3O4/c1-8(2,3)15-7(13)11(9)5-4-6(12)10-14/h4-5,9H2,1-3H3. The molecule has 0 aliphatic heterocycles. The minimum absolute atomic E-state index is 0.0977. The molecule has 7 nitrogen and oxygen atoms in total. The van der Waals surface area contributed by atoms with Crippen LogP contribution in [0, 0.1) is 4.91 Å². The van der Waals surface area contributed by atoms with E-state index < -0.39 is 17.6 Å². The Morgan fingerprint density at radius 3 is 2.33 bits per heavy atom. The van der Waals surface area contributed by atoms with Crippen molar-refractivity contribution >= 4 is 12.0 Å². The number of nitrogens with two attached hydrogens (primary N) is 1. The number of hydrogen-bond donors (Lipinski definition) is 1. The van der Waals surface area contributed by atoms with Gasteiger partial charge in [0.15, 0.2) is 0 Å². The van der Waals surface area contributed by atoms with Gasteiger partial charge < -0.3 is 4.74 Å². The lowest BCUT2D eigenvalue weighted by atomic mass is 10.2. The van der Waals surface area contributed by atoms with E-state index in [-0.39, 0.29) is 13.0 Å². The monoisotopic (exact) mass is 217 g/mol. The lowest BCUT2D eigenvalue weighted by molar-refractivity contribution is -0.118. The summed E-state index contributed by atoms with van der Waals surface area (Å²) in [7, 11) is 0. The molecule has 0 aromatic rings. The molecule has 86 valence electrons. The summed E-state index contributed by atoms with van der Waals surface area (Å²) >= 11 is 0. The van der Waals surface area contributed by atoms with Crippen molar-refractivity contribution in [3.63, 3.8) is 0 Å². The number of carbonyl (C=O) groups is 2. The average molecular weight is 217 g/mol. The van der Waals surface area contributed by atoms with Crippen molar-refractivity contribution in [2.24, 2.45) is 11.0 Å². The zero-order valence-corrected chi connectivity index (χ0v) is 9.02. The second-order valence-electron chi connectivity index (χ2n) is 3.91. The van der Waals surface area contributed by atoms with Gasteiger partial charge in [0, 0.05) is 11.7 Å². The minimum Gasteiger partial charge on any atom is -0.443 e. The Hall–Kier alpha value is -1.50. The summed E-state index contributed by atoms with van der Waals surface area (Å²) in [5, 5.41) is 2.90. The molecule has 0 aromatic heterocycles. The molecule has 15 heavy (non-hydrogen) atoms. The van der Waals surface area contributed by atoms with Gasteiger partial charge in [-0.05, 0) is 20.8 Å². The summed E-state index contributed by atoms with van der Waals surface area (Å²) in [5.41, 5.74) is -0.651. The van der Waals surface area contributed by atoms with E-state index in [2.05, 4.69) is 5.18 Å². The van der Waals surface area contributed by atoms with E-state index >= 15 is 0 Å². The number of hydrogen-bond acceptors (Lipinski definition) is 5. The summed E-state index contributed by atoms with van der Waals surface area (Å²) in [6.45, 7) is 4.98. The van der Waals surface area contributed by atoms with Crippen LogP contribution >= 0.6 is 0 Å². The van der Waals surface area contributed by atoms with Gasteiger partial charge in [-0.25, -0.2) is 15.6 Å². The predicted octanol–water partition coefficient (Wildman–Crippen LogP) is 0.780. The molecule has 0 aromatic carbocycles. The maximum absolute atomic E-state index is 11.2. The van der Waals surface area contributed by atoms with Gasteiger partial charge in [-0.3, -0.25) is 4.79 Å². The maximum Gasteiger partial charge on any atom is 0.424 e. The first-order valence-electron chi connectivity index (χ1n) is 4.37. The number of ether oxygens (including phenoxy) is 1. The number of carbonyl (C=O) groups excluding carboxylic acids is 2. The number of rotatable bonds is 3. The van der Waals surface area contributed by atoms with Crippen LogP contribution in [-0.4, -0.2) is 29.2 Å². The first kappa shape index (κ1) is 13.5. The van der Waals surface area contributed by atoms with Crippen molar-refractivity contribution < 1.29 is 14.3 Å². The quantitative estimate of drug-likeness (QED) is 0.325. The van der Waals surface area contributed by atoms with E-state index in [0.29, 0.717) is 0 Å². The van der Waals surface area contributed by atoms with Crippen molar-refractivity contribution in [1.29, 1.82) is 0 Å². The van der Waals surface area contributed by atoms with E-state index in [1.807, 2.05) is 0 Å². The lowest BCUT2D eigenvalue weighted by Gasteiger charge is -2.23. The van der Waals surface area contributed by atoms with Gasteiger partial charge in [0.1, 0.15) is 5.60 Å². The van der Waals surface area contributed by atoms with E-state index in [9.17, 15) is 14.5 Å². The van der Waals surface area contributed by atoms with Crippen LogP contribution in [0.25, 0.3) is 0 Å². The number of nitroso groups, excluding NO2 is 1. The summed E-state index contributed by atoms with van der Waals surface area (Å²) in [6.07, 6.45) is -0.958. The lowest BCUT2D eigenvalue weighted by Crippen LogP contribution is -2.42. The van der Waals surface area contributed by atoms with Crippen molar-refractivity contribution in [2.75, 3.05) is 6.54 Å². The molecule has 0 saturated carbocycles. The topological polar surface area (TPSA) is 102 Å². The number of amides is 2. The maximum atomic E-state index is 11.2. The van der Waals surface area contributed by atoms with Crippen LogP contribution in [0.5, 0.6) is 0 Å². The van der Waals surface area contributed by atoms with E-state index in [1.54, 1.807) is 20.8 Å². The fraction of sp³-hybridized carbons (Fsp3) is 0.750. The first-order valence-corrected chi connectivity index (χ1v) is 4.37. The molecule has 2 amide bonds. The molecule has 2 N–H and O–H groups in total. The Morgan fingerprint density at radius 1 is 1.40 bits per heavy atom. The number of nitrogens with zero attached hydrogens (tertiary/aromatic N) is 2. The van der Waals surface area contributed by atoms with Crippen LogP contribution in [0.2, 0.25) is 0 Å². The Balaban J connectivity index is 4.00. The van der Waals surface area contributed by atoms with Crippen molar-refractivity contribution in [1.82, 2.24) is 5.01 Å². The molecule has 0 heterocycles. The summed E-state index contributed by atoms with van der Waals surface area (Å²) in [5.74, 6) is 4.44. The second kappa shape index (κ2) is 5.40. The molecule has 0 bridgehead atoms. The molecule has 0 rings (SSSR count). The molecular weight excluding hydrogens is 202 g/mol. The SMILES string of the molecule is CC(C)(C)OC(=O)N(N)CCC(=O)N=O. The Labute approximate surface area is 87.5 Å². The third-order valence-electron chi connectivity index (χ3n) is 1.30. The van der Waals surface area contributed by atoms with Crippen LogP contribution in [0.4, 0.5) is 4.79 Å². The van der Waals surface area contributed by atoms with Gasteiger partial charge >= 0.3 is 6.09 Å². The van der Waals surface area contributed by atoms with Crippen molar-refractivity contribution in [2.45, 2.75) is 32.8 Å². The van der Waals surface area contributed by atoms with Crippen molar-refractivity contribution in [3.05, 3.63) is 4.91 Å². The van der Waals surface area contributed by atoms with Crippen LogP contribution in [-0.2, 0) is 9.53 Å². The summed E-state index contributed by atoms with van der Waals surface area (Å²) in [4.78, 5) is 31.5. The fourth-order valence-electron chi connectivity index (χ4n) is 0.674. The molecule has 0 fully saturated rings. The van der Waals surface area contributed by atoms with Crippen LogP contribution in [0.15, 0.2) is 5.18 Å². The molecule has 0 unspecified atom stereocenters. The Morgan fingerprint density at radius 2 is 1.93 bits per heavy atom. The smallest absolute Gasteiger partial charge is 0.424 e. The molecule has 0 radical (unpaired) electrons. The van der Waals surface area contributed by atoms with E-state index in [0.717, 1.165) is 5.01 Å². The van der Waals surface area contributed by atoms with Crippen LogP contribution in [0.1, 0.15) is 27.2 Å². The van der Waals surface area contributed by atoms with Gasteiger partial charge in [-0.1, -0.05) is 0 Å². The normalized spacial score (nSPS) is 10.7. The molecular formula is C8H15N3O4. The highest BCUT2D eigenvalue weighted by Gasteiger charge is 2.20. The highest BCUT2D eigenvalue weighted by molar-refractivity contribution is 5.77. The second-order valence-corrected chi connectivity index (χ2v) is 3.91.